The monoisotopic (exact) mass is 489 g/mol. The van der Waals surface area contributed by atoms with Crippen LogP contribution in [0.3, 0.4) is 0 Å². The molecule has 150 valence electrons. The van der Waals surface area contributed by atoms with Crippen LogP contribution in [0.5, 0.6) is 5.75 Å². The second-order valence-corrected chi connectivity index (χ2v) is 5.49. The molecule has 0 fully saturated rings. The molecule has 0 aliphatic carbocycles. The molecule has 1 unspecified atom stereocenters. The molecule has 1 aromatic rings. The summed E-state index contributed by atoms with van der Waals surface area (Å²) in [5.74, 6) is 0.653. The van der Waals surface area contributed by atoms with Gasteiger partial charge in [0.05, 0.1) is 12.1 Å². The topological polar surface area (TPSA) is 65.9 Å². The number of rotatable bonds is 9. The van der Waals surface area contributed by atoms with Crippen molar-refractivity contribution in [2.75, 3.05) is 26.2 Å². The summed E-state index contributed by atoms with van der Waals surface area (Å²) >= 11 is 0. The van der Waals surface area contributed by atoms with E-state index in [1.54, 1.807) is 0 Å². The first-order valence-corrected chi connectivity index (χ1v) is 8.37. The van der Waals surface area contributed by atoms with Crippen LogP contribution < -0.4 is 15.4 Å². The number of nitrogens with one attached hydrogen (secondary N) is 2. The molecule has 0 amide bonds. The Hall–Kier alpha value is -1.23. The van der Waals surface area contributed by atoms with Crippen LogP contribution in [0, 0.1) is 0 Å². The summed E-state index contributed by atoms with van der Waals surface area (Å²) in [5, 5.41) is 16.1. The van der Waals surface area contributed by atoms with Gasteiger partial charge in [0, 0.05) is 13.1 Å². The summed E-state index contributed by atoms with van der Waals surface area (Å²) in [7, 11) is 0. The average molecular weight is 489 g/mol. The smallest absolute Gasteiger partial charge is 0.416 e. The van der Waals surface area contributed by atoms with Crippen molar-refractivity contribution in [1.82, 2.24) is 10.6 Å². The minimum atomic E-state index is -4.42. The van der Waals surface area contributed by atoms with Gasteiger partial charge in [-0.25, -0.2) is 0 Å². The molecular formula is C17H27F3IN3O2. The van der Waals surface area contributed by atoms with Crippen LogP contribution in [0.15, 0.2) is 29.3 Å². The van der Waals surface area contributed by atoms with Gasteiger partial charge < -0.3 is 20.5 Å². The standard InChI is InChI=1S/C17H26F3N3O2.HI/c1-3-5-9-22-16(21-4-2)23-11-14(24)12-25-15-8-6-7-13(10-15)17(18,19)20;/h6-8,10,14,24H,3-5,9,11-12H2,1-2H3,(H2,21,22,23);1H. The molecule has 26 heavy (non-hydrogen) atoms. The van der Waals surface area contributed by atoms with Crippen molar-refractivity contribution in [3.8, 4) is 5.75 Å². The number of benzene rings is 1. The fourth-order valence-corrected chi connectivity index (χ4v) is 1.93. The Kier molecular flexibility index (Phi) is 12.4. The number of alkyl halides is 3. The van der Waals surface area contributed by atoms with E-state index in [0.29, 0.717) is 12.5 Å². The third-order valence-corrected chi connectivity index (χ3v) is 3.23. The number of aliphatic hydroxyl groups excluding tert-OH is 1. The zero-order valence-electron chi connectivity index (χ0n) is 15.0. The van der Waals surface area contributed by atoms with Crippen molar-refractivity contribution in [3.05, 3.63) is 29.8 Å². The minimum absolute atomic E-state index is 0. The number of hydrogen-bond donors (Lipinski definition) is 3. The molecule has 5 nitrogen and oxygen atoms in total. The molecule has 0 saturated heterocycles. The van der Waals surface area contributed by atoms with Gasteiger partial charge in [-0.3, -0.25) is 4.99 Å². The van der Waals surface area contributed by atoms with Gasteiger partial charge in [-0.1, -0.05) is 19.4 Å². The number of guanidine groups is 1. The molecule has 0 saturated carbocycles. The highest BCUT2D eigenvalue weighted by molar-refractivity contribution is 14.0. The van der Waals surface area contributed by atoms with Crippen LogP contribution >= 0.6 is 24.0 Å². The van der Waals surface area contributed by atoms with E-state index in [4.69, 9.17) is 4.74 Å². The fraction of sp³-hybridized carbons (Fsp3) is 0.588. The maximum Gasteiger partial charge on any atom is 0.416 e. The van der Waals surface area contributed by atoms with E-state index in [2.05, 4.69) is 22.5 Å². The number of hydrogen-bond acceptors (Lipinski definition) is 3. The predicted octanol–water partition coefficient (Wildman–Crippen LogP) is 3.42. The van der Waals surface area contributed by atoms with Crippen molar-refractivity contribution in [2.24, 2.45) is 4.99 Å². The van der Waals surface area contributed by atoms with Gasteiger partial charge in [-0.15, -0.1) is 24.0 Å². The van der Waals surface area contributed by atoms with Crippen LogP contribution in [0.1, 0.15) is 32.3 Å². The molecule has 0 radical (unpaired) electrons. The largest absolute Gasteiger partial charge is 0.491 e. The number of ether oxygens (including phenoxy) is 1. The van der Waals surface area contributed by atoms with Crippen molar-refractivity contribution < 1.29 is 23.0 Å². The average Bonchev–Trinajstić information content (AvgIpc) is 2.57. The van der Waals surface area contributed by atoms with Crippen molar-refractivity contribution in [1.29, 1.82) is 0 Å². The van der Waals surface area contributed by atoms with Gasteiger partial charge in [0.15, 0.2) is 5.96 Å². The maximum atomic E-state index is 12.6. The van der Waals surface area contributed by atoms with E-state index in [1.807, 2.05) is 6.92 Å². The highest BCUT2D eigenvalue weighted by Gasteiger charge is 2.30. The molecule has 0 bridgehead atoms. The first-order valence-electron chi connectivity index (χ1n) is 8.37. The molecule has 0 spiro atoms. The fourth-order valence-electron chi connectivity index (χ4n) is 1.93. The van der Waals surface area contributed by atoms with E-state index >= 15 is 0 Å². The van der Waals surface area contributed by atoms with Crippen LogP contribution in [0.2, 0.25) is 0 Å². The number of unbranched alkanes of at least 4 members (excludes halogenated alkanes) is 1. The SMILES string of the molecule is CCCCNC(=NCC(O)COc1cccc(C(F)(F)F)c1)NCC.I. The van der Waals surface area contributed by atoms with Gasteiger partial charge in [-0.2, -0.15) is 13.2 Å². The highest BCUT2D eigenvalue weighted by atomic mass is 127. The van der Waals surface area contributed by atoms with E-state index in [1.165, 1.54) is 12.1 Å². The summed E-state index contributed by atoms with van der Waals surface area (Å²) in [6.45, 7) is 5.43. The molecule has 1 aromatic carbocycles. The summed E-state index contributed by atoms with van der Waals surface area (Å²) < 4.78 is 43.2. The third-order valence-electron chi connectivity index (χ3n) is 3.23. The first kappa shape index (κ1) is 24.8. The molecular weight excluding hydrogens is 462 g/mol. The number of nitrogens with zero attached hydrogens (tertiary/aromatic N) is 1. The highest BCUT2D eigenvalue weighted by Crippen LogP contribution is 2.31. The lowest BCUT2D eigenvalue weighted by molar-refractivity contribution is -0.137. The maximum absolute atomic E-state index is 12.6. The van der Waals surface area contributed by atoms with E-state index < -0.39 is 17.8 Å². The zero-order chi connectivity index (χ0) is 18.7. The van der Waals surface area contributed by atoms with Gasteiger partial charge in [0.25, 0.3) is 0 Å². The second-order valence-electron chi connectivity index (χ2n) is 5.49. The van der Waals surface area contributed by atoms with Crippen LogP contribution in [0.25, 0.3) is 0 Å². The van der Waals surface area contributed by atoms with Gasteiger partial charge >= 0.3 is 6.18 Å². The van der Waals surface area contributed by atoms with Crippen LogP contribution in [-0.4, -0.2) is 43.4 Å². The van der Waals surface area contributed by atoms with Crippen LogP contribution in [0.4, 0.5) is 13.2 Å². The Morgan fingerprint density at radius 3 is 2.62 bits per heavy atom. The Morgan fingerprint density at radius 2 is 2.00 bits per heavy atom. The minimum Gasteiger partial charge on any atom is -0.491 e. The Balaban J connectivity index is 0.00000625. The van der Waals surface area contributed by atoms with Crippen molar-refractivity contribution >= 4 is 29.9 Å². The van der Waals surface area contributed by atoms with Gasteiger partial charge in [-0.05, 0) is 31.5 Å². The molecule has 1 atom stereocenters. The zero-order valence-corrected chi connectivity index (χ0v) is 17.3. The quantitative estimate of drug-likeness (QED) is 0.215. The molecule has 0 aliphatic rings. The Bertz CT molecular complexity index is 542. The summed E-state index contributed by atoms with van der Waals surface area (Å²) in [4.78, 5) is 4.24. The molecule has 9 heteroatoms. The van der Waals surface area contributed by atoms with Crippen molar-refractivity contribution in [3.63, 3.8) is 0 Å². The predicted molar refractivity (Wildman–Crippen MR) is 107 cm³/mol. The molecule has 0 heterocycles. The number of aliphatic imine (C=N–C) groups is 1. The Labute approximate surface area is 169 Å². The third kappa shape index (κ3) is 10.0. The van der Waals surface area contributed by atoms with Crippen molar-refractivity contribution in [2.45, 2.75) is 39.0 Å². The number of aliphatic hydroxyl groups is 1. The lowest BCUT2D eigenvalue weighted by atomic mass is 10.2. The van der Waals surface area contributed by atoms with E-state index in [-0.39, 0.29) is 42.9 Å². The molecule has 3 N–H and O–H groups in total. The molecule has 1 rings (SSSR count). The summed E-state index contributed by atoms with van der Waals surface area (Å²) in [6, 6.07) is 4.57. The number of halogens is 4. The molecule has 0 aromatic heterocycles. The lowest BCUT2D eigenvalue weighted by Crippen LogP contribution is -2.38. The van der Waals surface area contributed by atoms with Gasteiger partial charge in [0.2, 0.25) is 0 Å². The Morgan fingerprint density at radius 1 is 1.27 bits per heavy atom. The first-order chi connectivity index (χ1) is 11.9. The van der Waals surface area contributed by atoms with E-state index in [0.717, 1.165) is 31.5 Å². The van der Waals surface area contributed by atoms with E-state index in [9.17, 15) is 18.3 Å². The van der Waals surface area contributed by atoms with Crippen LogP contribution in [-0.2, 0) is 6.18 Å². The second kappa shape index (κ2) is 13.0. The normalized spacial score (nSPS) is 12.9. The van der Waals surface area contributed by atoms with Gasteiger partial charge in [0.1, 0.15) is 18.5 Å². The summed E-state index contributed by atoms with van der Waals surface area (Å²) in [5.41, 5.74) is -0.785. The molecule has 0 aliphatic heterocycles. The lowest BCUT2D eigenvalue weighted by Gasteiger charge is -2.14. The summed E-state index contributed by atoms with van der Waals surface area (Å²) in [6.07, 6.45) is -3.28.